The quantitative estimate of drug-likeness (QED) is 0.765. The van der Waals surface area contributed by atoms with E-state index in [1.165, 1.54) is 0 Å². The van der Waals surface area contributed by atoms with E-state index in [4.69, 9.17) is 4.74 Å². The Labute approximate surface area is 109 Å². The molecule has 2 heterocycles. The van der Waals surface area contributed by atoms with E-state index in [0.29, 0.717) is 25.3 Å². The smallest absolute Gasteiger partial charge is 0.257 e. The average Bonchev–Trinajstić information content (AvgIpc) is 2.69. The Morgan fingerprint density at radius 2 is 2.47 bits per heavy atom. The molecule has 94 valence electrons. The number of hydrogen-bond donors (Lipinski definition) is 0. The zero-order valence-electron chi connectivity index (χ0n) is 10.0. The third kappa shape index (κ3) is 2.37. The molecule has 1 atom stereocenters. The lowest BCUT2D eigenvalue weighted by Crippen LogP contribution is -2.49. The Hall–Kier alpha value is -0.880. The fraction of sp³-hybridized carbons (Fsp3) is 0.636. The molecule has 6 heteroatoms. The molecule has 0 aliphatic carbocycles. The van der Waals surface area contributed by atoms with Gasteiger partial charge >= 0.3 is 0 Å². The van der Waals surface area contributed by atoms with Gasteiger partial charge in [0.15, 0.2) is 0 Å². The van der Waals surface area contributed by atoms with Crippen LogP contribution in [0.3, 0.4) is 0 Å². The summed E-state index contributed by atoms with van der Waals surface area (Å²) in [5.74, 6) is 0.0448. The molecule has 0 radical (unpaired) electrons. The third-order valence-electron chi connectivity index (χ3n) is 3.13. The van der Waals surface area contributed by atoms with Crippen LogP contribution in [0.4, 0.5) is 0 Å². The number of alkyl halides is 1. The monoisotopic (exact) mass is 301 g/mol. The summed E-state index contributed by atoms with van der Waals surface area (Å²) in [6.45, 7) is 3.75. The van der Waals surface area contributed by atoms with Crippen LogP contribution in [0.1, 0.15) is 16.1 Å². The molecule has 1 aliphatic heterocycles. The summed E-state index contributed by atoms with van der Waals surface area (Å²) in [5.41, 5.74) is 1.58. The third-order valence-corrected chi connectivity index (χ3v) is 3.88. The lowest BCUT2D eigenvalue weighted by Gasteiger charge is -2.34. The number of hydrogen-bond acceptors (Lipinski definition) is 3. The fourth-order valence-corrected chi connectivity index (χ4v) is 2.45. The number of morpholine rings is 1. The molecule has 1 saturated heterocycles. The van der Waals surface area contributed by atoms with Gasteiger partial charge in [-0.3, -0.25) is 9.48 Å². The Kier molecular flexibility index (Phi) is 3.83. The minimum atomic E-state index is 0.0448. The summed E-state index contributed by atoms with van der Waals surface area (Å²) in [4.78, 5) is 14.3. The van der Waals surface area contributed by atoms with Crippen LogP contribution >= 0.6 is 15.9 Å². The van der Waals surface area contributed by atoms with Crippen molar-refractivity contribution < 1.29 is 9.53 Å². The van der Waals surface area contributed by atoms with Crippen molar-refractivity contribution >= 4 is 21.8 Å². The molecular formula is C11H16BrN3O2. The molecule has 0 N–H and O–H groups in total. The highest BCUT2D eigenvalue weighted by molar-refractivity contribution is 9.09. The van der Waals surface area contributed by atoms with Gasteiger partial charge in [0.2, 0.25) is 0 Å². The molecule has 1 unspecified atom stereocenters. The Bertz CT molecular complexity index is 419. The largest absolute Gasteiger partial charge is 0.377 e. The van der Waals surface area contributed by atoms with E-state index < -0.39 is 0 Å². The van der Waals surface area contributed by atoms with Gasteiger partial charge in [0.1, 0.15) is 0 Å². The van der Waals surface area contributed by atoms with Gasteiger partial charge in [-0.05, 0) is 6.92 Å². The van der Waals surface area contributed by atoms with Crippen molar-refractivity contribution in [3.63, 3.8) is 0 Å². The normalized spacial score (nSPS) is 20.6. The first-order valence-electron chi connectivity index (χ1n) is 5.58. The van der Waals surface area contributed by atoms with Crippen LogP contribution in [0.2, 0.25) is 0 Å². The van der Waals surface area contributed by atoms with E-state index in [0.717, 1.165) is 11.0 Å². The number of ether oxygens (including phenoxy) is 1. The second kappa shape index (κ2) is 5.18. The Balaban J connectivity index is 2.21. The first-order chi connectivity index (χ1) is 8.15. The minimum absolute atomic E-state index is 0.0448. The van der Waals surface area contributed by atoms with E-state index in [1.807, 2.05) is 18.9 Å². The number of carbonyl (C=O) groups is 1. The van der Waals surface area contributed by atoms with Crippen molar-refractivity contribution in [2.45, 2.75) is 13.0 Å². The van der Waals surface area contributed by atoms with Gasteiger partial charge in [0.05, 0.1) is 31.0 Å². The Morgan fingerprint density at radius 3 is 3.06 bits per heavy atom. The molecule has 0 spiro atoms. The molecule has 5 nitrogen and oxygen atoms in total. The van der Waals surface area contributed by atoms with E-state index >= 15 is 0 Å². The minimum Gasteiger partial charge on any atom is -0.377 e. The second-order valence-electron chi connectivity index (χ2n) is 4.15. The molecule has 17 heavy (non-hydrogen) atoms. The molecule has 1 aromatic heterocycles. The van der Waals surface area contributed by atoms with Crippen molar-refractivity contribution in [1.29, 1.82) is 0 Å². The van der Waals surface area contributed by atoms with Crippen molar-refractivity contribution in [3.05, 3.63) is 17.5 Å². The highest BCUT2D eigenvalue weighted by atomic mass is 79.9. The fourth-order valence-electron chi connectivity index (χ4n) is 1.91. The maximum Gasteiger partial charge on any atom is 0.257 e. The van der Waals surface area contributed by atoms with E-state index in [-0.39, 0.29) is 11.9 Å². The first kappa shape index (κ1) is 12.6. The topological polar surface area (TPSA) is 47.4 Å². The maximum absolute atomic E-state index is 12.4. The van der Waals surface area contributed by atoms with Crippen molar-refractivity contribution in [1.82, 2.24) is 14.7 Å². The SMILES string of the molecule is Cc1c(C(=O)N2CCOCC2CBr)cnn1C. The molecular weight excluding hydrogens is 286 g/mol. The summed E-state index contributed by atoms with van der Waals surface area (Å²) < 4.78 is 7.10. The average molecular weight is 302 g/mol. The zero-order chi connectivity index (χ0) is 12.4. The molecule has 2 rings (SSSR count). The second-order valence-corrected chi connectivity index (χ2v) is 4.80. The molecule has 0 saturated carbocycles. The van der Waals surface area contributed by atoms with Crippen LogP contribution in [0.25, 0.3) is 0 Å². The van der Waals surface area contributed by atoms with Crippen molar-refractivity contribution in [2.75, 3.05) is 25.1 Å². The highest BCUT2D eigenvalue weighted by Gasteiger charge is 2.28. The van der Waals surface area contributed by atoms with Crippen LogP contribution in [-0.4, -0.2) is 51.7 Å². The van der Waals surface area contributed by atoms with Gasteiger partial charge in [0, 0.05) is 24.6 Å². The molecule has 0 bridgehead atoms. The van der Waals surface area contributed by atoms with Gasteiger partial charge in [-0.15, -0.1) is 0 Å². The van der Waals surface area contributed by atoms with E-state index in [1.54, 1.807) is 10.9 Å². The predicted molar refractivity (Wildman–Crippen MR) is 67.4 cm³/mol. The number of carbonyl (C=O) groups excluding carboxylic acids is 1. The van der Waals surface area contributed by atoms with Crippen LogP contribution in [-0.2, 0) is 11.8 Å². The van der Waals surface area contributed by atoms with Crippen molar-refractivity contribution in [3.8, 4) is 0 Å². The molecule has 1 amide bonds. The molecule has 1 aliphatic rings. The van der Waals surface area contributed by atoms with Crippen LogP contribution in [0, 0.1) is 6.92 Å². The van der Waals surface area contributed by atoms with Gasteiger partial charge < -0.3 is 9.64 Å². The van der Waals surface area contributed by atoms with Crippen LogP contribution in [0.5, 0.6) is 0 Å². The Morgan fingerprint density at radius 1 is 1.71 bits per heavy atom. The van der Waals surface area contributed by atoms with Gasteiger partial charge in [-0.25, -0.2) is 0 Å². The standard InChI is InChI=1S/C11H16BrN3O2/c1-8-10(6-13-14(8)2)11(16)15-3-4-17-7-9(15)5-12/h6,9H,3-5,7H2,1-2H3. The van der Waals surface area contributed by atoms with Crippen LogP contribution in [0.15, 0.2) is 6.20 Å². The van der Waals surface area contributed by atoms with Crippen molar-refractivity contribution in [2.24, 2.45) is 7.05 Å². The van der Waals surface area contributed by atoms with Crippen LogP contribution < -0.4 is 0 Å². The lowest BCUT2D eigenvalue weighted by molar-refractivity contribution is 0.00520. The molecule has 0 aromatic carbocycles. The zero-order valence-corrected chi connectivity index (χ0v) is 11.6. The number of aromatic nitrogens is 2. The number of nitrogens with zero attached hydrogens (tertiary/aromatic N) is 3. The van der Waals surface area contributed by atoms with Gasteiger partial charge in [-0.1, -0.05) is 15.9 Å². The maximum atomic E-state index is 12.4. The summed E-state index contributed by atoms with van der Waals surface area (Å²) >= 11 is 3.42. The van der Waals surface area contributed by atoms with E-state index in [2.05, 4.69) is 21.0 Å². The summed E-state index contributed by atoms with van der Waals surface area (Å²) in [7, 11) is 1.84. The number of halogens is 1. The first-order valence-corrected chi connectivity index (χ1v) is 6.70. The molecule has 1 fully saturated rings. The lowest BCUT2D eigenvalue weighted by atomic mass is 10.2. The number of rotatable bonds is 2. The number of amides is 1. The number of aryl methyl sites for hydroxylation is 1. The predicted octanol–water partition coefficient (Wildman–Crippen LogP) is 0.964. The summed E-state index contributed by atoms with van der Waals surface area (Å²) in [6, 6.07) is 0.107. The van der Waals surface area contributed by atoms with E-state index in [9.17, 15) is 4.79 Å². The van der Waals surface area contributed by atoms with Gasteiger partial charge in [-0.2, -0.15) is 5.10 Å². The summed E-state index contributed by atoms with van der Waals surface area (Å²) in [6.07, 6.45) is 1.64. The van der Waals surface area contributed by atoms with Gasteiger partial charge in [0.25, 0.3) is 5.91 Å². The summed E-state index contributed by atoms with van der Waals surface area (Å²) in [5, 5.41) is 4.84. The molecule has 1 aromatic rings. The highest BCUT2D eigenvalue weighted by Crippen LogP contribution is 2.16.